The average molecular weight is 466 g/mol. The second kappa shape index (κ2) is 8.09. The van der Waals surface area contributed by atoms with Crippen LogP contribution in [0.5, 0.6) is 5.75 Å². The van der Waals surface area contributed by atoms with E-state index in [1.54, 1.807) is 18.1 Å². The van der Waals surface area contributed by atoms with Gasteiger partial charge in [-0.25, -0.2) is 0 Å². The van der Waals surface area contributed by atoms with E-state index in [0.717, 1.165) is 44.6 Å². The summed E-state index contributed by atoms with van der Waals surface area (Å²) < 4.78 is 5.30. The fourth-order valence-electron chi connectivity index (χ4n) is 4.87. The van der Waals surface area contributed by atoms with Crippen LogP contribution in [0.3, 0.4) is 0 Å². The van der Waals surface area contributed by atoms with Crippen LogP contribution in [-0.2, 0) is 16.1 Å². The van der Waals surface area contributed by atoms with Crippen molar-refractivity contribution in [3.05, 3.63) is 71.8 Å². The van der Waals surface area contributed by atoms with Crippen LogP contribution in [-0.4, -0.2) is 46.0 Å². The van der Waals surface area contributed by atoms with E-state index in [-0.39, 0.29) is 18.2 Å². The van der Waals surface area contributed by atoms with Crippen LogP contribution in [0.15, 0.2) is 60.7 Å². The molecule has 1 fully saturated rings. The second-order valence-electron chi connectivity index (χ2n) is 8.87. The SMILES string of the molecule is COc1ccc2cc(-c3cc(-c4ccc5c(c4)CN([C@@H]4CCC(=O)NC4=O)C5=O)n[nH]3)ccc2c1. The van der Waals surface area contributed by atoms with Gasteiger partial charge >= 0.3 is 0 Å². The molecule has 0 radical (unpaired) electrons. The molecular weight excluding hydrogens is 444 g/mol. The van der Waals surface area contributed by atoms with Gasteiger partial charge in [0.15, 0.2) is 0 Å². The third-order valence-electron chi connectivity index (χ3n) is 6.76. The Morgan fingerprint density at radius 3 is 2.57 bits per heavy atom. The molecule has 174 valence electrons. The van der Waals surface area contributed by atoms with E-state index in [1.807, 2.05) is 42.5 Å². The van der Waals surface area contributed by atoms with E-state index >= 15 is 0 Å². The van der Waals surface area contributed by atoms with E-state index < -0.39 is 11.9 Å². The lowest BCUT2D eigenvalue weighted by molar-refractivity contribution is -0.136. The smallest absolute Gasteiger partial charge is 0.255 e. The number of hydrogen-bond donors (Lipinski definition) is 2. The number of fused-ring (bicyclic) bond motifs is 2. The zero-order valence-corrected chi connectivity index (χ0v) is 19.0. The standard InChI is InChI=1S/C27H22N4O4/c1-35-20-6-4-15-10-17(3-2-16(15)12-20)22-13-23(30-29-22)18-5-7-21-19(11-18)14-31(27(21)34)24-8-9-25(32)28-26(24)33/h2-7,10-13,24H,8-9,14H2,1H3,(H,29,30)(H,28,32,33)/t24-/m1/s1. The molecule has 0 unspecified atom stereocenters. The number of benzene rings is 3. The molecule has 2 N–H and O–H groups in total. The molecule has 8 heteroatoms. The van der Waals surface area contributed by atoms with E-state index in [2.05, 4.69) is 27.6 Å². The van der Waals surface area contributed by atoms with Gasteiger partial charge in [0.2, 0.25) is 11.8 Å². The Balaban J connectivity index is 1.26. The Hall–Kier alpha value is -4.46. The number of aromatic amines is 1. The normalized spacial score (nSPS) is 17.6. The fourth-order valence-corrected chi connectivity index (χ4v) is 4.87. The quantitative estimate of drug-likeness (QED) is 0.447. The minimum atomic E-state index is -0.624. The summed E-state index contributed by atoms with van der Waals surface area (Å²) in [4.78, 5) is 38.3. The highest BCUT2D eigenvalue weighted by Crippen LogP contribution is 2.32. The number of aromatic nitrogens is 2. The summed E-state index contributed by atoms with van der Waals surface area (Å²) in [7, 11) is 1.66. The zero-order valence-electron chi connectivity index (χ0n) is 19.0. The first-order valence-electron chi connectivity index (χ1n) is 11.4. The number of carbonyl (C=O) groups excluding carboxylic acids is 3. The molecular formula is C27H22N4O4. The number of piperidine rings is 1. The number of rotatable bonds is 4. The Morgan fingerprint density at radius 2 is 1.74 bits per heavy atom. The highest BCUT2D eigenvalue weighted by molar-refractivity contribution is 6.05. The molecule has 0 saturated carbocycles. The molecule has 3 heterocycles. The predicted octanol–water partition coefficient (Wildman–Crippen LogP) is 3.67. The van der Waals surface area contributed by atoms with Gasteiger partial charge in [-0.15, -0.1) is 0 Å². The third kappa shape index (κ3) is 3.63. The van der Waals surface area contributed by atoms with Gasteiger partial charge < -0.3 is 9.64 Å². The topological polar surface area (TPSA) is 104 Å². The molecule has 1 aromatic heterocycles. The van der Waals surface area contributed by atoms with Crippen molar-refractivity contribution < 1.29 is 19.1 Å². The van der Waals surface area contributed by atoms with E-state index in [4.69, 9.17) is 4.74 Å². The van der Waals surface area contributed by atoms with Crippen molar-refractivity contribution in [2.24, 2.45) is 0 Å². The lowest BCUT2D eigenvalue weighted by Crippen LogP contribution is -2.52. The molecule has 3 amide bonds. The van der Waals surface area contributed by atoms with Crippen molar-refractivity contribution in [1.82, 2.24) is 20.4 Å². The maximum atomic E-state index is 12.9. The maximum absolute atomic E-state index is 12.9. The highest BCUT2D eigenvalue weighted by Gasteiger charge is 2.39. The summed E-state index contributed by atoms with van der Waals surface area (Å²) in [6, 6.07) is 19.1. The molecule has 0 bridgehead atoms. The number of ether oxygens (including phenoxy) is 1. The summed E-state index contributed by atoms with van der Waals surface area (Å²) in [5, 5.41) is 12.1. The van der Waals surface area contributed by atoms with Crippen LogP contribution >= 0.6 is 0 Å². The number of imide groups is 1. The first kappa shape index (κ1) is 21.1. The van der Waals surface area contributed by atoms with Crippen LogP contribution in [0.2, 0.25) is 0 Å². The van der Waals surface area contributed by atoms with Gasteiger partial charge in [0.05, 0.1) is 18.5 Å². The number of carbonyl (C=O) groups is 3. The Kier molecular flexibility index (Phi) is 4.88. The lowest BCUT2D eigenvalue weighted by Gasteiger charge is -2.29. The molecule has 2 aliphatic rings. The largest absolute Gasteiger partial charge is 0.497 e. The Bertz CT molecular complexity index is 1520. The van der Waals surface area contributed by atoms with Crippen molar-refractivity contribution in [2.75, 3.05) is 7.11 Å². The van der Waals surface area contributed by atoms with Gasteiger partial charge in [-0.1, -0.05) is 24.3 Å². The summed E-state index contributed by atoms with van der Waals surface area (Å²) in [5.41, 5.74) is 4.99. The van der Waals surface area contributed by atoms with Crippen LogP contribution in [0.1, 0.15) is 28.8 Å². The van der Waals surface area contributed by atoms with Gasteiger partial charge in [-0.05, 0) is 59.2 Å². The fraction of sp³-hybridized carbons (Fsp3) is 0.185. The highest BCUT2D eigenvalue weighted by atomic mass is 16.5. The van der Waals surface area contributed by atoms with Crippen LogP contribution in [0.4, 0.5) is 0 Å². The van der Waals surface area contributed by atoms with Crippen LogP contribution in [0.25, 0.3) is 33.3 Å². The van der Waals surface area contributed by atoms with E-state index in [9.17, 15) is 14.4 Å². The van der Waals surface area contributed by atoms with Crippen molar-refractivity contribution in [1.29, 1.82) is 0 Å². The van der Waals surface area contributed by atoms with Gasteiger partial charge in [0.25, 0.3) is 5.91 Å². The third-order valence-corrected chi connectivity index (χ3v) is 6.76. The molecule has 1 saturated heterocycles. The average Bonchev–Trinajstić information content (AvgIpc) is 3.48. The van der Waals surface area contributed by atoms with Gasteiger partial charge in [-0.3, -0.25) is 24.8 Å². The van der Waals surface area contributed by atoms with Gasteiger partial charge in [0.1, 0.15) is 11.8 Å². The molecule has 35 heavy (non-hydrogen) atoms. The minimum absolute atomic E-state index is 0.184. The number of H-pyrrole nitrogens is 1. The first-order valence-corrected chi connectivity index (χ1v) is 11.4. The number of nitrogens with zero attached hydrogens (tertiary/aromatic N) is 2. The minimum Gasteiger partial charge on any atom is -0.497 e. The summed E-state index contributed by atoms with van der Waals surface area (Å²) in [6.07, 6.45) is 0.582. The predicted molar refractivity (Wildman–Crippen MR) is 130 cm³/mol. The summed E-state index contributed by atoms with van der Waals surface area (Å²) in [5.74, 6) is -0.0662. The molecule has 4 aromatic rings. The molecule has 0 aliphatic carbocycles. The summed E-state index contributed by atoms with van der Waals surface area (Å²) >= 11 is 0. The van der Waals surface area contributed by atoms with Crippen molar-refractivity contribution >= 4 is 28.5 Å². The lowest BCUT2D eigenvalue weighted by atomic mass is 10.0. The van der Waals surface area contributed by atoms with Crippen LogP contribution < -0.4 is 10.1 Å². The molecule has 2 aliphatic heterocycles. The molecule has 1 atom stereocenters. The van der Waals surface area contributed by atoms with Crippen LogP contribution in [0, 0.1) is 0 Å². The number of methoxy groups -OCH3 is 1. The van der Waals surface area contributed by atoms with Gasteiger partial charge in [0, 0.05) is 29.7 Å². The first-order chi connectivity index (χ1) is 17.0. The van der Waals surface area contributed by atoms with E-state index in [0.29, 0.717) is 18.5 Å². The molecule has 3 aromatic carbocycles. The van der Waals surface area contributed by atoms with E-state index in [1.165, 1.54) is 0 Å². The number of hydrogen-bond acceptors (Lipinski definition) is 5. The molecule has 8 nitrogen and oxygen atoms in total. The monoisotopic (exact) mass is 466 g/mol. The second-order valence-corrected chi connectivity index (χ2v) is 8.87. The maximum Gasteiger partial charge on any atom is 0.255 e. The summed E-state index contributed by atoms with van der Waals surface area (Å²) in [6.45, 7) is 0.333. The zero-order chi connectivity index (χ0) is 24.1. The van der Waals surface area contributed by atoms with Crippen molar-refractivity contribution in [3.8, 4) is 28.3 Å². The van der Waals surface area contributed by atoms with Crippen molar-refractivity contribution in [3.63, 3.8) is 0 Å². The molecule has 0 spiro atoms. The van der Waals surface area contributed by atoms with Crippen molar-refractivity contribution in [2.45, 2.75) is 25.4 Å². The molecule has 6 rings (SSSR count). The number of nitrogens with one attached hydrogen (secondary N) is 2. The Morgan fingerprint density at radius 1 is 0.943 bits per heavy atom. The Labute approximate surface area is 200 Å². The van der Waals surface area contributed by atoms with Gasteiger partial charge in [-0.2, -0.15) is 5.10 Å². The number of amides is 3.